The van der Waals surface area contributed by atoms with E-state index in [2.05, 4.69) is 137 Å². The van der Waals surface area contributed by atoms with E-state index in [0.717, 1.165) is 99.2 Å². The fourth-order valence-corrected chi connectivity index (χ4v) is 8.95. The van der Waals surface area contributed by atoms with Gasteiger partial charge in [-0.3, -0.25) is 0 Å². The zero-order valence-electron chi connectivity index (χ0n) is 28.7. The summed E-state index contributed by atoms with van der Waals surface area (Å²) in [6.07, 6.45) is 0. The van der Waals surface area contributed by atoms with Crippen LogP contribution in [-0.4, -0.2) is 9.13 Å². The summed E-state index contributed by atoms with van der Waals surface area (Å²) in [5, 5.41) is 19.6. The molecule has 0 fully saturated rings. The third-order valence-corrected chi connectivity index (χ3v) is 11.2. The largest absolute Gasteiger partial charge is 0.456 e. The van der Waals surface area contributed by atoms with Gasteiger partial charge in [-0.15, -0.1) is 0 Å². The predicted octanol–water partition coefficient (Wildman–Crippen LogP) is 13.2. The van der Waals surface area contributed by atoms with Crippen molar-refractivity contribution in [2.75, 3.05) is 0 Å². The van der Waals surface area contributed by atoms with Gasteiger partial charge in [-0.05, 0) is 72.3 Å². The van der Waals surface area contributed by atoms with Gasteiger partial charge in [0.1, 0.15) is 28.4 Å². The summed E-state index contributed by atoms with van der Waals surface area (Å²) in [5.74, 6) is 0. The molecule has 250 valence electrons. The fourth-order valence-electron chi connectivity index (χ4n) is 8.95. The lowest BCUT2D eigenvalue weighted by atomic mass is 9.99. The van der Waals surface area contributed by atoms with Crippen LogP contribution in [0.2, 0.25) is 0 Å². The molecule has 54 heavy (non-hydrogen) atoms. The molecule has 4 aromatic heterocycles. The Labute approximate surface area is 307 Å². The summed E-state index contributed by atoms with van der Waals surface area (Å²) in [7, 11) is 0. The number of benzene rings is 8. The van der Waals surface area contributed by atoms with Crippen molar-refractivity contribution in [1.82, 2.24) is 9.13 Å². The van der Waals surface area contributed by atoms with Gasteiger partial charge in [-0.25, -0.2) is 0 Å². The molecule has 0 atom stereocenters. The molecule has 0 aliphatic carbocycles. The standard InChI is InChI=1S/C49H27N3O2/c50-28-30-12-10-18-32(48(30)52-39-20-6-2-16-36(39)46-41(52)24-23-34-33-14-3-7-21-42(33)54-49(34)46)29-11-9-13-31(27-29)51-38-19-5-1-15-35(38)45-40(51)25-26-44-47(45)37-17-4-8-22-43(37)53-44/h1-27H. The van der Waals surface area contributed by atoms with Gasteiger partial charge < -0.3 is 18.0 Å². The Balaban J connectivity index is 1.14. The van der Waals surface area contributed by atoms with Gasteiger partial charge in [0.15, 0.2) is 0 Å². The Kier molecular flexibility index (Phi) is 5.78. The maximum atomic E-state index is 10.7. The van der Waals surface area contributed by atoms with Crippen LogP contribution in [0.3, 0.4) is 0 Å². The average molecular weight is 690 g/mol. The first-order chi connectivity index (χ1) is 26.8. The van der Waals surface area contributed by atoms with Crippen LogP contribution >= 0.6 is 0 Å². The quantitative estimate of drug-likeness (QED) is 0.185. The van der Waals surface area contributed by atoms with Crippen LogP contribution in [0.5, 0.6) is 0 Å². The molecule has 0 bridgehead atoms. The lowest BCUT2D eigenvalue weighted by molar-refractivity contribution is 0.669. The van der Waals surface area contributed by atoms with Crippen LogP contribution in [0.1, 0.15) is 5.56 Å². The molecule has 0 aliphatic heterocycles. The van der Waals surface area contributed by atoms with E-state index in [9.17, 15) is 5.26 Å². The van der Waals surface area contributed by atoms with Crippen molar-refractivity contribution >= 4 is 87.5 Å². The van der Waals surface area contributed by atoms with Gasteiger partial charge in [-0.2, -0.15) is 5.26 Å². The average Bonchev–Trinajstić information content (AvgIpc) is 3.98. The molecule has 0 radical (unpaired) electrons. The van der Waals surface area contributed by atoms with E-state index in [1.54, 1.807) is 0 Å². The van der Waals surface area contributed by atoms with Crippen LogP contribution in [0, 0.1) is 11.3 Å². The first-order valence-electron chi connectivity index (χ1n) is 18.1. The molecule has 0 spiro atoms. The Hall–Kier alpha value is -7.55. The van der Waals surface area contributed by atoms with Crippen molar-refractivity contribution in [2.45, 2.75) is 0 Å². The summed E-state index contributed by atoms with van der Waals surface area (Å²) in [6, 6.07) is 59.3. The van der Waals surface area contributed by atoms with Gasteiger partial charge in [0.2, 0.25) is 0 Å². The van der Waals surface area contributed by atoms with E-state index >= 15 is 0 Å². The number of furan rings is 2. The molecular formula is C49H27N3O2. The molecule has 0 amide bonds. The van der Waals surface area contributed by atoms with E-state index in [0.29, 0.717) is 5.56 Å². The lowest BCUT2D eigenvalue weighted by Gasteiger charge is -2.17. The first-order valence-corrected chi connectivity index (χ1v) is 18.1. The highest BCUT2D eigenvalue weighted by Crippen LogP contribution is 2.44. The molecule has 12 rings (SSSR count). The molecule has 0 saturated heterocycles. The molecule has 0 aliphatic rings. The number of nitrogens with zero attached hydrogens (tertiary/aromatic N) is 3. The molecule has 5 nitrogen and oxygen atoms in total. The molecule has 12 aromatic rings. The van der Waals surface area contributed by atoms with Crippen LogP contribution < -0.4 is 0 Å². The zero-order chi connectivity index (χ0) is 35.5. The topological polar surface area (TPSA) is 59.9 Å². The first kappa shape index (κ1) is 29.1. The van der Waals surface area contributed by atoms with Crippen molar-refractivity contribution < 1.29 is 8.83 Å². The highest BCUT2D eigenvalue weighted by molar-refractivity contribution is 6.27. The molecule has 4 heterocycles. The SMILES string of the molecule is N#Cc1cccc(-c2cccc(-n3c4ccccc4c4c5c(ccc43)oc3ccccc35)c2)c1-n1c2ccccc2c2c3oc4ccccc4c3ccc21. The van der Waals surface area contributed by atoms with Crippen LogP contribution in [-0.2, 0) is 0 Å². The van der Waals surface area contributed by atoms with Crippen molar-refractivity contribution in [1.29, 1.82) is 5.26 Å². The summed E-state index contributed by atoms with van der Waals surface area (Å²) < 4.78 is 17.5. The van der Waals surface area contributed by atoms with Gasteiger partial charge in [0.05, 0.1) is 38.7 Å². The van der Waals surface area contributed by atoms with E-state index in [1.807, 2.05) is 42.5 Å². The Bertz CT molecular complexity index is 3590. The Morgan fingerprint density at radius 2 is 1.07 bits per heavy atom. The van der Waals surface area contributed by atoms with E-state index < -0.39 is 0 Å². The second-order valence-electron chi connectivity index (χ2n) is 13.9. The molecular weight excluding hydrogens is 663 g/mol. The molecule has 5 heteroatoms. The molecule has 0 saturated carbocycles. The van der Waals surface area contributed by atoms with Crippen molar-refractivity contribution in [3.8, 4) is 28.6 Å². The zero-order valence-corrected chi connectivity index (χ0v) is 28.7. The number of hydrogen-bond donors (Lipinski definition) is 0. The van der Waals surface area contributed by atoms with Crippen LogP contribution in [0.4, 0.5) is 0 Å². The van der Waals surface area contributed by atoms with Crippen molar-refractivity contribution in [2.24, 2.45) is 0 Å². The second kappa shape index (κ2) is 10.7. The van der Waals surface area contributed by atoms with Gasteiger partial charge >= 0.3 is 0 Å². The van der Waals surface area contributed by atoms with Crippen molar-refractivity contribution in [3.63, 3.8) is 0 Å². The summed E-state index contributed by atoms with van der Waals surface area (Å²) in [5.41, 5.74) is 12.1. The maximum Gasteiger partial charge on any atom is 0.145 e. The number of aromatic nitrogens is 2. The Morgan fingerprint density at radius 3 is 1.89 bits per heavy atom. The number of para-hydroxylation sites is 5. The maximum absolute atomic E-state index is 10.7. The number of nitriles is 1. The number of fused-ring (bicyclic) bond motifs is 14. The summed E-state index contributed by atoms with van der Waals surface area (Å²) in [6.45, 7) is 0. The van der Waals surface area contributed by atoms with Crippen molar-refractivity contribution in [3.05, 3.63) is 169 Å². The second-order valence-corrected chi connectivity index (χ2v) is 13.9. The molecule has 8 aromatic carbocycles. The van der Waals surface area contributed by atoms with E-state index in [4.69, 9.17) is 8.83 Å². The lowest BCUT2D eigenvalue weighted by Crippen LogP contribution is -2.01. The van der Waals surface area contributed by atoms with Gasteiger partial charge in [-0.1, -0.05) is 97.1 Å². The normalized spacial score (nSPS) is 12.1. The minimum Gasteiger partial charge on any atom is -0.456 e. The van der Waals surface area contributed by atoms with E-state index in [1.165, 1.54) is 10.8 Å². The van der Waals surface area contributed by atoms with Gasteiger partial charge in [0, 0.05) is 49.0 Å². The Morgan fingerprint density at radius 1 is 0.426 bits per heavy atom. The number of hydrogen-bond acceptors (Lipinski definition) is 3. The highest BCUT2D eigenvalue weighted by atomic mass is 16.3. The van der Waals surface area contributed by atoms with Gasteiger partial charge in [0.25, 0.3) is 0 Å². The monoisotopic (exact) mass is 689 g/mol. The van der Waals surface area contributed by atoms with E-state index in [-0.39, 0.29) is 0 Å². The smallest absolute Gasteiger partial charge is 0.145 e. The van der Waals surface area contributed by atoms with Crippen LogP contribution in [0.25, 0.3) is 110 Å². The fraction of sp³-hybridized carbons (Fsp3) is 0. The number of rotatable bonds is 3. The minimum absolute atomic E-state index is 0.594. The minimum atomic E-state index is 0.594. The third-order valence-electron chi connectivity index (χ3n) is 11.2. The highest BCUT2D eigenvalue weighted by Gasteiger charge is 2.23. The summed E-state index contributed by atoms with van der Waals surface area (Å²) >= 11 is 0. The molecule has 0 unspecified atom stereocenters. The summed E-state index contributed by atoms with van der Waals surface area (Å²) in [4.78, 5) is 0. The van der Waals surface area contributed by atoms with Crippen LogP contribution in [0.15, 0.2) is 173 Å². The molecule has 0 N–H and O–H groups in total. The third kappa shape index (κ3) is 3.81. The predicted molar refractivity (Wildman–Crippen MR) is 220 cm³/mol.